The highest BCUT2D eigenvalue weighted by Crippen LogP contribution is 2.36. The lowest BCUT2D eigenvalue weighted by Crippen LogP contribution is -2.31. The molecule has 1 fully saturated rings. The quantitative estimate of drug-likeness (QED) is 0.454. The number of aliphatic hydroxyl groups excluding tert-OH is 1. The predicted octanol–water partition coefficient (Wildman–Crippen LogP) is 3.74. The molecule has 0 aromatic rings. The first kappa shape index (κ1) is 18.0. The minimum atomic E-state index is -0.0395. The van der Waals surface area contributed by atoms with Gasteiger partial charge in [-0.2, -0.15) is 0 Å². The lowest BCUT2D eigenvalue weighted by Gasteiger charge is -2.32. The van der Waals surface area contributed by atoms with E-state index in [-0.39, 0.29) is 24.1 Å². The molecule has 1 heterocycles. The zero-order valence-corrected chi connectivity index (χ0v) is 14.2. The molecule has 2 aliphatic rings. The minimum absolute atomic E-state index is 0.0395. The van der Waals surface area contributed by atoms with E-state index in [1.807, 2.05) is 6.92 Å². The molecule has 1 saturated heterocycles. The van der Waals surface area contributed by atoms with Gasteiger partial charge in [0.2, 0.25) is 0 Å². The number of Topliss-reactive ketones (excluding diaryl/α,β-unsaturated/α-hetero) is 1. The van der Waals surface area contributed by atoms with Crippen LogP contribution in [0.2, 0.25) is 0 Å². The van der Waals surface area contributed by atoms with E-state index in [9.17, 15) is 9.90 Å². The Hall–Kier alpha value is -1.33. The van der Waals surface area contributed by atoms with Crippen molar-refractivity contribution in [1.82, 2.24) is 0 Å². The van der Waals surface area contributed by atoms with Gasteiger partial charge in [-0.25, -0.2) is 0 Å². The summed E-state index contributed by atoms with van der Waals surface area (Å²) in [7, 11) is 0. The molecule has 1 aliphatic heterocycles. The number of halogens is 1. The van der Waals surface area contributed by atoms with Crippen molar-refractivity contribution < 1.29 is 19.5 Å². The highest BCUT2D eigenvalue weighted by Gasteiger charge is 2.34. The number of aliphatic hydroxyl groups is 1. The molecule has 0 amide bonds. The fourth-order valence-corrected chi connectivity index (χ4v) is 3.33. The Morgan fingerprint density at radius 3 is 2.74 bits per heavy atom. The van der Waals surface area contributed by atoms with Gasteiger partial charge in [-0.05, 0) is 37.2 Å². The van der Waals surface area contributed by atoms with Gasteiger partial charge in [0, 0.05) is 31.6 Å². The summed E-state index contributed by atoms with van der Waals surface area (Å²) in [5, 5.41) is 14.4. The fraction of sp³-hybridized carbons (Fsp3) is 0.647. The molecule has 1 atom stereocenters. The molecule has 0 bridgehead atoms. The molecule has 0 saturated carbocycles. The van der Waals surface area contributed by atoms with Gasteiger partial charge in [0.1, 0.15) is 12.4 Å². The maximum absolute atomic E-state index is 12.5. The van der Waals surface area contributed by atoms with Gasteiger partial charge in [0.15, 0.2) is 5.78 Å². The fourth-order valence-electron chi connectivity index (χ4n) is 3.25. The van der Waals surface area contributed by atoms with Gasteiger partial charge in [-0.3, -0.25) is 4.79 Å². The van der Waals surface area contributed by atoms with E-state index in [1.165, 1.54) is 5.54 Å². The molecule has 128 valence electrons. The summed E-state index contributed by atoms with van der Waals surface area (Å²) < 4.78 is 5.38. The molecule has 0 spiro atoms. The summed E-state index contributed by atoms with van der Waals surface area (Å²) in [6.45, 7) is 3.62. The van der Waals surface area contributed by atoms with E-state index in [0.717, 1.165) is 26.1 Å². The first-order valence-electron chi connectivity index (χ1n) is 8.14. The van der Waals surface area contributed by atoms with Gasteiger partial charge < -0.3 is 14.7 Å². The molecule has 6 heteroatoms. The molecular weight excluding hydrogens is 318 g/mol. The normalized spacial score (nSPS) is 24.5. The maximum atomic E-state index is 12.5. The van der Waals surface area contributed by atoms with Gasteiger partial charge in [-0.15, -0.1) is 0 Å². The summed E-state index contributed by atoms with van der Waals surface area (Å²) >= 11 is 5.41. The second-order valence-corrected chi connectivity index (χ2v) is 6.16. The first-order chi connectivity index (χ1) is 11.2. The standard InChI is InChI=1S/C17H24ClNO4/c1-2-14(19-23-7-3-6-18)17-15(20)10-13(11-16(17)21)12-4-8-22-9-5-12/h3,6,12-13,20H,2,4-5,7-11H2,1H3/b6-3+,19-14?. The lowest BCUT2D eigenvalue weighted by molar-refractivity contribution is -0.117. The molecule has 0 aromatic carbocycles. The lowest BCUT2D eigenvalue weighted by atomic mass is 9.75. The van der Waals surface area contributed by atoms with Crippen LogP contribution in [0, 0.1) is 11.8 Å². The molecule has 0 radical (unpaired) electrons. The predicted molar refractivity (Wildman–Crippen MR) is 89.6 cm³/mol. The molecule has 1 N–H and O–H groups in total. The second-order valence-electron chi connectivity index (χ2n) is 5.91. The minimum Gasteiger partial charge on any atom is -0.511 e. The first-order valence-corrected chi connectivity index (χ1v) is 8.58. The van der Waals surface area contributed by atoms with Gasteiger partial charge >= 0.3 is 0 Å². The van der Waals surface area contributed by atoms with Crippen molar-refractivity contribution >= 4 is 23.1 Å². The summed E-state index contributed by atoms with van der Waals surface area (Å²) in [6.07, 6.45) is 5.05. The van der Waals surface area contributed by atoms with E-state index in [2.05, 4.69) is 5.16 Å². The Kier molecular flexibility index (Phi) is 7.12. The van der Waals surface area contributed by atoms with E-state index >= 15 is 0 Å². The van der Waals surface area contributed by atoms with Crippen LogP contribution in [-0.2, 0) is 14.4 Å². The number of hydrogen-bond donors (Lipinski definition) is 1. The number of hydrogen-bond acceptors (Lipinski definition) is 5. The molecule has 0 aromatic heterocycles. The molecule has 2 rings (SSSR count). The van der Waals surface area contributed by atoms with Crippen LogP contribution >= 0.6 is 11.6 Å². The number of allylic oxidation sites excluding steroid dienone is 2. The average Bonchev–Trinajstić information content (AvgIpc) is 2.57. The highest BCUT2D eigenvalue weighted by molar-refractivity contribution is 6.25. The smallest absolute Gasteiger partial charge is 0.168 e. The van der Waals surface area contributed by atoms with E-state index in [4.69, 9.17) is 21.2 Å². The molecule has 23 heavy (non-hydrogen) atoms. The van der Waals surface area contributed by atoms with Crippen molar-refractivity contribution in [2.45, 2.75) is 39.0 Å². The number of ether oxygens (including phenoxy) is 1. The van der Waals surface area contributed by atoms with Gasteiger partial charge in [0.05, 0.1) is 11.3 Å². The van der Waals surface area contributed by atoms with Crippen LogP contribution in [0.3, 0.4) is 0 Å². The van der Waals surface area contributed by atoms with E-state index in [0.29, 0.717) is 36.5 Å². The van der Waals surface area contributed by atoms with Crippen molar-refractivity contribution in [3.05, 3.63) is 22.9 Å². The van der Waals surface area contributed by atoms with Crippen molar-refractivity contribution in [2.24, 2.45) is 17.0 Å². The molecule has 1 unspecified atom stereocenters. The monoisotopic (exact) mass is 341 g/mol. The molecule has 1 aliphatic carbocycles. The van der Waals surface area contributed by atoms with E-state index < -0.39 is 0 Å². The van der Waals surface area contributed by atoms with Crippen LogP contribution in [0.25, 0.3) is 0 Å². The number of carbonyl (C=O) groups is 1. The highest BCUT2D eigenvalue weighted by atomic mass is 35.5. The summed E-state index contributed by atoms with van der Waals surface area (Å²) in [5.74, 6) is 0.758. The largest absolute Gasteiger partial charge is 0.511 e. The third-order valence-corrected chi connectivity index (χ3v) is 4.64. The Morgan fingerprint density at radius 1 is 1.39 bits per heavy atom. The van der Waals surface area contributed by atoms with Crippen LogP contribution in [0.5, 0.6) is 0 Å². The van der Waals surface area contributed by atoms with Crippen LogP contribution in [0.1, 0.15) is 39.0 Å². The average molecular weight is 342 g/mol. The van der Waals surface area contributed by atoms with Crippen LogP contribution in [-0.4, -0.2) is 36.4 Å². The van der Waals surface area contributed by atoms with Crippen molar-refractivity contribution in [2.75, 3.05) is 19.8 Å². The van der Waals surface area contributed by atoms with Crippen molar-refractivity contribution in [1.29, 1.82) is 0 Å². The number of nitrogens with zero attached hydrogens (tertiary/aromatic N) is 1. The van der Waals surface area contributed by atoms with Crippen LogP contribution in [0.4, 0.5) is 0 Å². The van der Waals surface area contributed by atoms with E-state index in [1.54, 1.807) is 6.08 Å². The summed E-state index contributed by atoms with van der Waals surface area (Å²) in [4.78, 5) is 17.6. The topological polar surface area (TPSA) is 68.1 Å². The Balaban J connectivity index is 2.09. The second kappa shape index (κ2) is 9.08. The number of rotatable bonds is 6. The SMILES string of the molecule is CCC(=NOC/C=C/Cl)C1=C(O)CC(C2CCOCC2)CC1=O. The zero-order chi connectivity index (χ0) is 16.7. The third kappa shape index (κ3) is 4.82. The Morgan fingerprint density at radius 2 is 2.13 bits per heavy atom. The maximum Gasteiger partial charge on any atom is 0.168 e. The van der Waals surface area contributed by atoms with Crippen molar-refractivity contribution in [3.63, 3.8) is 0 Å². The molecular formula is C17H24ClNO4. The van der Waals surface area contributed by atoms with Crippen LogP contribution in [0.15, 0.2) is 28.1 Å². The third-order valence-electron chi connectivity index (χ3n) is 4.46. The Bertz CT molecular complexity index is 507. The van der Waals surface area contributed by atoms with Gasteiger partial charge in [0.25, 0.3) is 0 Å². The van der Waals surface area contributed by atoms with Gasteiger partial charge in [-0.1, -0.05) is 23.7 Å². The van der Waals surface area contributed by atoms with Crippen molar-refractivity contribution in [3.8, 4) is 0 Å². The summed E-state index contributed by atoms with van der Waals surface area (Å²) in [5.41, 5.74) is 2.19. The number of carbonyl (C=O) groups excluding carboxylic acids is 1. The molecule has 5 nitrogen and oxygen atoms in total. The zero-order valence-electron chi connectivity index (χ0n) is 13.5. The van der Waals surface area contributed by atoms with Crippen LogP contribution < -0.4 is 0 Å². The Labute approximate surface area is 142 Å². The number of oxime groups is 1. The number of ketones is 1. The summed E-state index contributed by atoms with van der Waals surface area (Å²) in [6, 6.07) is 0.